The third kappa shape index (κ3) is 6.85. The second kappa shape index (κ2) is 11.7. The van der Waals surface area contributed by atoms with Crippen LogP contribution in [0.4, 0.5) is 4.79 Å². The van der Waals surface area contributed by atoms with Crippen molar-refractivity contribution in [3.8, 4) is 17.6 Å². The largest absolute Gasteiger partial charge is 0.487 e. The van der Waals surface area contributed by atoms with Crippen molar-refractivity contribution in [1.82, 2.24) is 14.5 Å². The Morgan fingerprint density at radius 3 is 2.67 bits per heavy atom. The van der Waals surface area contributed by atoms with Crippen LogP contribution in [0.15, 0.2) is 23.1 Å². The molecule has 3 atom stereocenters. The number of ether oxygens (including phenoxy) is 1. The maximum atomic E-state index is 13.5. The van der Waals surface area contributed by atoms with Crippen molar-refractivity contribution in [2.24, 2.45) is 5.92 Å². The van der Waals surface area contributed by atoms with E-state index < -0.39 is 22.2 Å². The highest BCUT2D eigenvalue weighted by Crippen LogP contribution is 2.34. The van der Waals surface area contributed by atoms with E-state index in [1.807, 2.05) is 27.7 Å². The molecule has 0 radical (unpaired) electrons. The molecule has 2 rings (SSSR count). The third-order valence-electron chi connectivity index (χ3n) is 5.49. The molecule has 0 spiro atoms. The van der Waals surface area contributed by atoms with Crippen LogP contribution in [0.5, 0.6) is 5.75 Å². The molecule has 1 aliphatic heterocycles. The molecular formula is C24H37N3O5S. The van der Waals surface area contributed by atoms with Gasteiger partial charge in [0.05, 0.1) is 13.2 Å². The molecule has 0 aliphatic carbocycles. The Hall–Kier alpha value is -2.28. The molecule has 1 aliphatic rings. The molecular weight excluding hydrogens is 442 g/mol. The lowest BCUT2D eigenvalue weighted by molar-refractivity contribution is 0.0809. The zero-order valence-electron chi connectivity index (χ0n) is 20.5. The first kappa shape index (κ1) is 27.0. The van der Waals surface area contributed by atoms with E-state index in [-0.39, 0.29) is 48.3 Å². The Morgan fingerprint density at radius 1 is 1.36 bits per heavy atom. The van der Waals surface area contributed by atoms with Crippen molar-refractivity contribution in [2.75, 3.05) is 26.7 Å². The zero-order valence-corrected chi connectivity index (χ0v) is 21.3. The predicted molar refractivity (Wildman–Crippen MR) is 129 cm³/mol. The van der Waals surface area contributed by atoms with Crippen molar-refractivity contribution in [1.29, 1.82) is 0 Å². The number of benzene rings is 1. The fourth-order valence-corrected chi connectivity index (χ4v) is 5.35. The fourth-order valence-electron chi connectivity index (χ4n) is 3.52. The molecule has 0 saturated heterocycles. The highest BCUT2D eigenvalue weighted by Gasteiger charge is 2.38. The summed E-state index contributed by atoms with van der Waals surface area (Å²) in [5.74, 6) is 6.09. The van der Waals surface area contributed by atoms with E-state index in [4.69, 9.17) is 4.74 Å². The topological polar surface area (TPSA) is 99.2 Å². The van der Waals surface area contributed by atoms with Gasteiger partial charge in [-0.05, 0) is 45.4 Å². The first-order valence-corrected chi connectivity index (χ1v) is 12.9. The van der Waals surface area contributed by atoms with E-state index in [2.05, 4.69) is 17.2 Å². The molecule has 0 saturated carbocycles. The number of urea groups is 1. The Labute approximate surface area is 198 Å². The summed E-state index contributed by atoms with van der Waals surface area (Å²) in [5, 5.41) is 12.6. The number of nitrogens with one attached hydrogen (secondary N) is 1. The second-order valence-electron chi connectivity index (χ2n) is 8.94. The van der Waals surface area contributed by atoms with Gasteiger partial charge in [0.15, 0.2) is 0 Å². The van der Waals surface area contributed by atoms with Crippen LogP contribution < -0.4 is 10.1 Å². The molecule has 0 unspecified atom stereocenters. The molecule has 2 amide bonds. The number of hydrogen-bond donors (Lipinski definition) is 2. The van der Waals surface area contributed by atoms with Gasteiger partial charge in [-0.3, -0.25) is 0 Å². The number of carbonyl (C=O) groups is 1. The molecule has 0 fully saturated rings. The normalized spacial score (nSPS) is 21.0. The number of fused-ring (bicyclic) bond motifs is 1. The first-order chi connectivity index (χ1) is 15.5. The van der Waals surface area contributed by atoms with Crippen molar-refractivity contribution < 1.29 is 23.1 Å². The van der Waals surface area contributed by atoms with E-state index >= 15 is 0 Å². The lowest BCUT2D eigenvalue weighted by atomic mass is 10.0. The summed E-state index contributed by atoms with van der Waals surface area (Å²) in [6.45, 7) is 9.51. The smallest absolute Gasteiger partial charge is 0.317 e. The van der Waals surface area contributed by atoms with Gasteiger partial charge in [-0.1, -0.05) is 25.7 Å². The molecule has 9 heteroatoms. The van der Waals surface area contributed by atoms with Gasteiger partial charge >= 0.3 is 6.03 Å². The minimum absolute atomic E-state index is 0.00774. The molecule has 33 heavy (non-hydrogen) atoms. The summed E-state index contributed by atoms with van der Waals surface area (Å²) in [6.07, 6.45) is 1.21. The third-order valence-corrected chi connectivity index (χ3v) is 7.51. The maximum absolute atomic E-state index is 13.5. The van der Waals surface area contributed by atoms with Gasteiger partial charge in [-0.2, -0.15) is 4.31 Å². The van der Waals surface area contributed by atoms with Gasteiger partial charge in [0.25, 0.3) is 0 Å². The number of aliphatic hydroxyl groups excluding tert-OH is 1. The van der Waals surface area contributed by atoms with Crippen LogP contribution in [0.1, 0.15) is 53.0 Å². The number of unbranched alkanes of at least 4 members (excludes halogenated alkanes) is 1. The lowest BCUT2D eigenvalue weighted by Gasteiger charge is -2.37. The minimum atomic E-state index is -3.91. The van der Waals surface area contributed by atoms with Gasteiger partial charge in [0, 0.05) is 43.6 Å². The number of amides is 2. The van der Waals surface area contributed by atoms with Crippen LogP contribution in [0.2, 0.25) is 0 Å². The number of nitrogens with zero attached hydrogens (tertiary/aromatic N) is 2. The minimum Gasteiger partial charge on any atom is -0.487 e. The lowest BCUT2D eigenvalue weighted by Crippen LogP contribution is -2.51. The molecule has 184 valence electrons. The van der Waals surface area contributed by atoms with Gasteiger partial charge in [-0.15, -0.1) is 0 Å². The monoisotopic (exact) mass is 479 g/mol. The van der Waals surface area contributed by atoms with Crippen molar-refractivity contribution >= 4 is 16.1 Å². The van der Waals surface area contributed by atoms with Crippen LogP contribution in [-0.4, -0.2) is 73.7 Å². The van der Waals surface area contributed by atoms with Crippen molar-refractivity contribution in [2.45, 2.75) is 70.5 Å². The Balaban J connectivity index is 2.50. The highest BCUT2D eigenvalue weighted by molar-refractivity contribution is 7.89. The molecule has 0 bridgehead atoms. The van der Waals surface area contributed by atoms with Crippen LogP contribution in [-0.2, 0) is 10.0 Å². The quantitative estimate of drug-likeness (QED) is 0.611. The predicted octanol–water partition coefficient (Wildman–Crippen LogP) is 2.66. The number of aliphatic hydroxyl groups is 1. The highest BCUT2D eigenvalue weighted by atomic mass is 32.2. The Morgan fingerprint density at radius 2 is 2.06 bits per heavy atom. The summed E-state index contributed by atoms with van der Waals surface area (Å²) >= 11 is 0. The summed E-state index contributed by atoms with van der Waals surface area (Å²) < 4.78 is 34.5. The van der Waals surface area contributed by atoms with E-state index in [9.17, 15) is 18.3 Å². The summed E-state index contributed by atoms with van der Waals surface area (Å²) in [5.41, 5.74) is 0.664. The van der Waals surface area contributed by atoms with E-state index in [1.54, 1.807) is 31.0 Å². The van der Waals surface area contributed by atoms with Crippen LogP contribution >= 0.6 is 0 Å². The van der Waals surface area contributed by atoms with Crippen LogP contribution in [0.3, 0.4) is 0 Å². The van der Waals surface area contributed by atoms with E-state index in [0.717, 1.165) is 12.8 Å². The van der Waals surface area contributed by atoms with Gasteiger partial charge in [-0.25, -0.2) is 13.2 Å². The Kier molecular flexibility index (Phi) is 9.58. The average molecular weight is 480 g/mol. The second-order valence-corrected chi connectivity index (χ2v) is 10.8. The standard InChI is InChI=1S/C24H37N3O5S/c1-7-8-9-10-20-11-12-23-21(13-20)32-22(15-26(6)24(29)25-17(2)3)18(4)14-27(19(5)16-28)33(23,30)31/h11-13,17-19,22,28H,7-8,14-16H2,1-6H3,(H,25,29)/t18-,19-,22-/m1/s1. The number of carbonyl (C=O) groups excluding carboxylic acids is 1. The van der Waals surface area contributed by atoms with Crippen molar-refractivity contribution in [3.63, 3.8) is 0 Å². The zero-order chi connectivity index (χ0) is 24.8. The van der Waals surface area contributed by atoms with E-state index in [1.165, 1.54) is 10.4 Å². The Bertz CT molecular complexity index is 984. The maximum Gasteiger partial charge on any atom is 0.317 e. The average Bonchev–Trinajstić information content (AvgIpc) is 2.75. The molecule has 0 aromatic heterocycles. The number of hydrogen-bond acceptors (Lipinski definition) is 5. The number of likely N-dealkylation sites (N-methyl/N-ethyl adjacent to an activating group) is 1. The molecule has 1 aromatic rings. The number of rotatable bonds is 6. The molecule has 1 heterocycles. The van der Waals surface area contributed by atoms with Gasteiger partial charge < -0.3 is 20.1 Å². The van der Waals surface area contributed by atoms with Gasteiger partial charge in [0.1, 0.15) is 16.7 Å². The fraction of sp³-hybridized carbons (Fsp3) is 0.625. The molecule has 2 N–H and O–H groups in total. The van der Waals surface area contributed by atoms with Crippen molar-refractivity contribution in [3.05, 3.63) is 23.8 Å². The summed E-state index contributed by atoms with van der Waals surface area (Å²) in [4.78, 5) is 14.0. The summed E-state index contributed by atoms with van der Waals surface area (Å²) in [7, 11) is -2.22. The SMILES string of the molecule is CCCC#Cc1ccc2c(c1)O[C@H](CN(C)C(=O)NC(C)C)[C@H](C)CN([C@H](C)CO)S2(=O)=O. The van der Waals surface area contributed by atoms with Crippen LogP contribution in [0.25, 0.3) is 0 Å². The number of sulfonamides is 1. The molecule has 1 aromatic carbocycles. The first-order valence-electron chi connectivity index (χ1n) is 11.4. The molecule has 8 nitrogen and oxygen atoms in total. The van der Waals surface area contributed by atoms with Gasteiger partial charge in [0.2, 0.25) is 10.0 Å². The van der Waals surface area contributed by atoms with E-state index in [0.29, 0.717) is 5.56 Å². The van der Waals surface area contributed by atoms with Crippen LogP contribution in [0, 0.1) is 17.8 Å². The summed E-state index contributed by atoms with van der Waals surface area (Å²) in [6, 6.07) is 4.00.